The van der Waals surface area contributed by atoms with Crippen LogP contribution in [0.3, 0.4) is 0 Å². The number of pyridine rings is 1. The SMILES string of the molecule is COc1ncccc1CN1CC2(C[C@H](CCOc3cnccn3)CCO2)C1. The lowest BCUT2D eigenvalue weighted by Gasteiger charge is -2.53. The van der Waals surface area contributed by atoms with Crippen molar-refractivity contribution in [1.29, 1.82) is 0 Å². The molecule has 0 amide bonds. The first kappa shape index (κ1) is 18.1. The van der Waals surface area contributed by atoms with Gasteiger partial charge >= 0.3 is 0 Å². The molecule has 0 aromatic carbocycles. The maximum atomic E-state index is 6.17. The molecule has 4 rings (SSSR count). The summed E-state index contributed by atoms with van der Waals surface area (Å²) >= 11 is 0. The molecule has 2 aliphatic heterocycles. The van der Waals surface area contributed by atoms with E-state index in [-0.39, 0.29) is 5.60 Å². The number of nitrogens with zero attached hydrogens (tertiary/aromatic N) is 4. The Morgan fingerprint density at radius 1 is 1.26 bits per heavy atom. The summed E-state index contributed by atoms with van der Waals surface area (Å²) in [7, 11) is 1.67. The molecule has 4 heterocycles. The van der Waals surface area contributed by atoms with Gasteiger partial charge in [0, 0.05) is 50.4 Å². The van der Waals surface area contributed by atoms with E-state index < -0.39 is 0 Å². The van der Waals surface area contributed by atoms with Gasteiger partial charge < -0.3 is 14.2 Å². The van der Waals surface area contributed by atoms with E-state index in [1.165, 1.54) is 0 Å². The van der Waals surface area contributed by atoms with Crippen molar-refractivity contribution in [3.63, 3.8) is 0 Å². The maximum Gasteiger partial charge on any atom is 0.232 e. The fourth-order valence-electron chi connectivity index (χ4n) is 4.14. The van der Waals surface area contributed by atoms with E-state index in [9.17, 15) is 0 Å². The molecule has 1 spiro atoms. The van der Waals surface area contributed by atoms with Crippen LogP contribution < -0.4 is 9.47 Å². The number of likely N-dealkylation sites (tertiary alicyclic amines) is 1. The highest BCUT2D eigenvalue weighted by molar-refractivity contribution is 5.25. The molecule has 0 unspecified atom stereocenters. The molecular formula is C20H26N4O3. The van der Waals surface area contributed by atoms with Crippen LogP contribution in [0.1, 0.15) is 24.8 Å². The van der Waals surface area contributed by atoms with Gasteiger partial charge in [-0.2, -0.15) is 0 Å². The molecule has 0 bridgehead atoms. The lowest BCUT2D eigenvalue weighted by molar-refractivity contribution is -0.182. The van der Waals surface area contributed by atoms with Crippen molar-refractivity contribution in [2.75, 3.05) is 33.4 Å². The Hall–Kier alpha value is -2.25. The summed E-state index contributed by atoms with van der Waals surface area (Å²) in [6.07, 6.45) is 9.94. The summed E-state index contributed by atoms with van der Waals surface area (Å²) in [5.41, 5.74) is 1.13. The molecule has 1 atom stereocenters. The molecule has 144 valence electrons. The Kier molecular flexibility index (Phi) is 5.50. The van der Waals surface area contributed by atoms with Crippen LogP contribution in [0, 0.1) is 5.92 Å². The van der Waals surface area contributed by atoms with E-state index in [2.05, 4.69) is 25.9 Å². The number of rotatable bonds is 7. The van der Waals surface area contributed by atoms with Crippen molar-refractivity contribution in [2.45, 2.75) is 31.4 Å². The molecule has 2 saturated heterocycles. The van der Waals surface area contributed by atoms with Gasteiger partial charge in [-0.25, -0.2) is 9.97 Å². The lowest BCUT2D eigenvalue weighted by atomic mass is 9.79. The van der Waals surface area contributed by atoms with E-state index in [0.717, 1.165) is 51.1 Å². The normalized spacial score (nSPS) is 21.6. The molecule has 0 aliphatic carbocycles. The Labute approximate surface area is 159 Å². The minimum absolute atomic E-state index is 0.00487. The highest BCUT2D eigenvalue weighted by Gasteiger charge is 2.47. The maximum absolute atomic E-state index is 6.17. The summed E-state index contributed by atoms with van der Waals surface area (Å²) in [5.74, 6) is 1.94. The van der Waals surface area contributed by atoms with E-state index in [1.807, 2.05) is 6.07 Å². The monoisotopic (exact) mass is 370 g/mol. The predicted molar refractivity (Wildman–Crippen MR) is 99.6 cm³/mol. The zero-order valence-electron chi connectivity index (χ0n) is 15.7. The topological polar surface area (TPSA) is 69.6 Å². The standard InChI is InChI=1S/C20H26N4O3/c1-25-19-17(3-2-6-23-19)13-24-14-20(15-24)11-16(5-10-27-20)4-9-26-18-12-21-7-8-22-18/h2-3,6-8,12,16H,4-5,9-11,13-15H2,1H3/t16-/m1/s1. The quantitative estimate of drug-likeness (QED) is 0.741. The van der Waals surface area contributed by atoms with Crippen molar-refractivity contribution in [3.8, 4) is 11.8 Å². The second-order valence-electron chi connectivity index (χ2n) is 7.39. The lowest BCUT2D eigenvalue weighted by Crippen LogP contribution is -2.64. The van der Waals surface area contributed by atoms with Gasteiger partial charge in [0.25, 0.3) is 0 Å². The smallest absolute Gasteiger partial charge is 0.232 e. The van der Waals surface area contributed by atoms with Gasteiger partial charge in [0.05, 0.1) is 25.5 Å². The molecule has 0 N–H and O–H groups in total. The van der Waals surface area contributed by atoms with Crippen LogP contribution >= 0.6 is 0 Å². The first-order valence-electron chi connectivity index (χ1n) is 9.49. The molecule has 0 radical (unpaired) electrons. The Morgan fingerprint density at radius 3 is 3.00 bits per heavy atom. The third-order valence-corrected chi connectivity index (χ3v) is 5.37. The van der Waals surface area contributed by atoms with Crippen LogP contribution in [-0.4, -0.2) is 58.9 Å². The Bertz CT molecular complexity index is 737. The van der Waals surface area contributed by atoms with Crippen molar-refractivity contribution < 1.29 is 14.2 Å². The van der Waals surface area contributed by atoms with Gasteiger partial charge in [0.2, 0.25) is 11.8 Å². The first-order valence-corrected chi connectivity index (χ1v) is 9.49. The number of aromatic nitrogens is 3. The van der Waals surface area contributed by atoms with Gasteiger partial charge in [-0.05, 0) is 31.2 Å². The van der Waals surface area contributed by atoms with E-state index in [0.29, 0.717) is 24.3 Å². The van der Waals surface area contributed by atoms with Gasteiger partial charge in [-0.15, -0.1) is 0 Å². The predicted octanol–water partition coefficient (Wildman–Crippen LogP) is 2.33. The third-order valence-electron chi connectivity index (χ3n) is 5.37. The molecule has 27 heavy (non-hydrogen) atoms. The molecule has 2 aromatic rings. The van der Waals surface area contributed by atoms with Crippen molar-refractivity contribution in [3.05, 3.63) is 42.5 Å². The van der Waals surface area contributed by atoms with Crippen molar-refractivity contribution in [2.24, 2.45) is 5.92 Å². The molecule has 0 saturated carbocycles. The van der Waals surface area contributed by atoms with Crippen molar-refractivity contribution >= 4 is 0 Å². The van der Waals surface area contributed by atoms with Crippen LogP contribution in [0.2, 0.25) is 0 Å². The average Bonchev–Trinajstić information content (AvgIpc) is 2.68. The van der Waals surface area contributed by atoms with Gasteiger partial charge in [0.1, 0.15) is 0 Å². The van der Waals surface area contributed by atoms with Gasteiger partial charge in [0.15, 0.2) is 0 Å². The highest BCUT2D eigenvalue weighted by atomic mass is 16.5. The highest BCUT2D eigenvalue weighted by Crippen LogP contribution is 2.39. The minimum Gasteiger partial charge on any atom is -0.481 e. The summed E-state index contributed by atoms with van der Waals surface area (Å²) in [4.78, 5) is 14.9. The van der Waals surface area contributed by atoms with Crippen molar-refractivity contribution in [1.82, 2.24) is 19.9 Å². The van der Waals surface area contributed by atoms with E-state index in [1.54, 1.807) is 31.9 Å². The van der Waals surface area contributed by atoms with Crippen LogP contribution in [0.25, 0.3) is 0 Å². The molecule has 2 aliphatic rings. The first-order chi connectivity index (χ1) is 13.3. The van der Waals surface area contributed by atoms with E-state index >= 15 is 0 Å². The number of methoxy groups -OCH3 is 1. The number of hydrogen-bond donors (Lipinski definition) is 0. The van der Waals surface area contributed by atoms with Crippen LogP contribution in [-0.2, 0) is 11.3 Å². The molecule has 7 heteroatoms. The molecule has 2 aromatic heterocycles. The summed E-state index contributed by atoms with van der Waals surface area (Å²) in [6, 6.07) is 4.03. The second kappa shape index (κ2) is 8.19. The van der Waals surface area contributed by atoms with Gasteiger partial charge in [-0.3, -0.25) is 9.88 Å². The Morgan fingerprint density at radius 2 is 2.19 bits per heavy atom. The average molecular weight is 370 g/mol. The van der Waals surface area contributed by atoms with Crippen LogP contribution in [0.5, 0.6) is 11.8 Å². The van der Waals surface area contributed by atoms with E-state index in [4.69, 9.17) is 14.2 Å². The summed E-state index contributed by atoms with van der Waals surface area (Å²) in [5, 5.41) is 0. The molecule has 2 fully saturated rings. The van der Waals surface area contributed by atoms with Gasteiger partial charge in [-0.1, -0.05) is 6.07 Å². The largest absolute Gasteiger partial charge is 0.481 e. The summed E-state index contributed by atoms with van der Waals surface area (Å²) < 4.78 is 17.2. The zero-order chi connectivity index (χ0) is 18.5. The third kappa shape index (κ3) is 4.36. The zero-order valence-corrected chi connectivity index (χ0v) is 15.7. The number of ether oxygens (including phenoxy) is 3. The fourth-order valence-corrected chi connectivity index (χ4v) is 4.14. The molecular weight excluding hydrogens is 344 g/mol. The summed E-state index contributed by atoms with van der Waals surface area (Å²) in [6.45, 7) is 4.29. The minimum atomic E-state index is 0.00487. The van der Waals surface area contributed by atoms with Crippen LogP contribution in [0.4, 0.5) is 0 Å². The fraction of sp³-hybridized carbons (Fsp3) is 0.550. The second-order valence-corrected chi connectivity index (χ2v) is 7.39. The number of hydrogen-bond acceptors (Lipinski definition) is 7. The van der Waals surface area contributed by atoms with Crippen LogP contribution in [0.15, 0.2) is 36.9 Å². The Balaban J connectivity index is 1.24. The molecule has 7 nitrogen and oxygen atoms in total.